The summed E-state index contributed by atoms with van der Waals surface area (Å²) >= 11 is 3.51. The van der Waals surface area contributed by atoms with Gasteiger partial charge < -0.3 is 0 Å². The van der Waals surface area contributed by atoms with Gasteiger partial charge in [0, 0.05) is 22.8 Å². The molecule has 0 bridgehead atoms. The zero-order valence-electron chi connectivity index (χ0n) is 7.00. The average molecular weight is 237 g/mol. The molecule has 0 unspecified atom stereocenters. The van der Waals surface area contributed by atoms with Crippen LogP contribution in [0, 0.1) is 0 Å². The van der Waals surface area contributed by atoms with Gasteiger partial charge in [-0.05, 0) is 17.7 Å². The molecular formula is C10H9BrN2. The summed E-state index contributed by atoms with van der Waals surface area (Å²) in [6, 6.07) is 10.2. The van der Waals surface area contributed by atoms with Crippen molar-refractivity contribution in [3.05, 3.63) is 52.3 Å². The maximum atomic E-state index is 3.91. The molecule has 2 aromatic rings. The van der Waals surface area contributed by atoms with E-state index in [-0.39, 0.29) is 0 Å². The van der Waals surface area contributed by atoms with Crippen LogP contribution in [0.2, 0.25) is 0 Å². The Balaban J connectivity index is 2.24. The lowest BCUT2D eigenvalue weighted by molar-refractivity contribution is 0.994. The van der Waals surface area contributed by atoms with Crippen LogP contribution in [0.3, 0.4) is 0 Å². The lowest BCUT2D eigenvalue weighted by Gasteiger charge is -2.00. The van der Waals surface area contributed by atoms with Gasteiger partial charge in [0.1, 0.15) is 0 Å². The molecule has 13 heavy (non-hydrogen) atoms. The molecule has 0 aliphatic heterocycles. The van der Waals surface area contributed by atoms with E-state index < -0.39 is 0 Å². The van der Waals surface area contributed by atoms with Crippen LogP contribution < -0.4 is 0 Å². The summed E-state index contributed by atoms with van der Waals surface area (Å²) in [4.78, 5) is 0. The van der Waals surface area contributed by atoms with Crippen LogP contribution in [0.1, 0.15) is 11.3 Å². The molecule has 2 rings (SSSR count). The third kappa shape index (κ3) is 1.98. The van der Waals surface area contributed by atoms with Gasteiger partial charge in [-0.1, -0.05) is 34.1 Å². The van der Waals surface area contributed by atoms with Crippen molar-refractivity contribution < 1.29 is 0 Å². The zero-order valence-corrected chi connectivity index (χ0v) is 8.58. The third-order valence-electron chi connectivity index (χ3n) is 1.90. The number of aromatic amines is 1. The minimum absolute atomic E-state index is 0.890. The van der Waals surface area contributed by atoms with E-state index >= 15 is 0 Å². The second-order valence-electron chi connectivity index (χ2n) is 2.85. The topological polar surface area (TPSA) is 28.7 Å². The first-order chi connectivity index (χ1) is 6.36. The first-order valence-corrected chi connectivity index (χ1v) is 4.87. The van der Waals surface area contributed by atoms with Gasteiger partial charge in [-0.3, -0.25) is 5.10 Å². The van der Waals surface area contributed by atoms with E-state index in [0.29, 0.717) is 0 Å². The molecule has 3 heteroatoms. The standard InChI is InChI=1S/C10H9BrN2/c11-10-4-2-1-3-8(10)7-9-5-6-12-13-9/h1-6H,7H2,(H,12,13). The van der Waals surface area contributed by atoms with Crippen LogP contribution in [-0.4, -0.2) is 10.2 Å². The Morgan fingerprint density at radius 3 is 2.77 bits per heavy atom. The fourth-order valence-corrected chi connectivity index (χ4v) is 1.66. The lowest BCUT2D eigenvalue weighted by Crippen LogP contribution is -1.89. The Kier molecular flexibility index (Phi) is 2.45. The van der Waals surface area contributed by atoms with Crippen molar-refractivity contribution in [3.63, 3.8) is 0 Å². The summed E-state index contributed by atoms with van der Waals surface area (Å²) in [5.74, 6) is 0. The quantitative estimate of drug-likeness (QED) is 0.854. The van der Waals surface area contributed by atoms with E-state index in [9.17, 15) is 0 Å². The molecule has 0 aliphatic rings. The smallest absolute Gasteiger partial charge is 0.0490 e. The van der Waals surface area contributed by atoms with Crippen LogP contribution in [0.25, 0.3) is 0 Å². The van der Waals surface area contributed by atoms with Crippen LogP contribution in [0.4, 0.5) is 0 Å². The van der Waals surface area contributed by atoms with E-state index in [0.717, 1.165) is 16.6 Å². The molecule has 66 valence electrons. The minimum Gasteiger partial charge on any atom is -0.282 e. The molecular weight excluding hydrogens is 228 g/mol. The Hall–Kier alpha value is -1.09. The second-order valence-corrected chi connectivity index (χ2v) is 3.70. The zero-order chi connectivity index (χ0) is 9.10. The van der Waals surface area contributed by atoms with Crippen molar-refractivity contribution in [2.45, 2.75) is 6.42 Å². The number of benzene rings is 1. The Morgan fingerprint density at radius 1 is 1.23 bits per heavy atom. The van der Waals surface area contributed by atoms with Crippen molar-refractivity contribution >= 4 is 15.9 Å². The molecule has 1 heterocycles. The Bertz CT molecular complexity index is 382. The maximum absolute atomic E-state index is 3.91. The molecule has 1 N–H and O–H groups in total. The summed E-state index contributed by atoms with van der Waals surface area (Å²) < 4.78 is 1.14. The number of hydrogen-bond donors (Lipinski definition) is 1. The molecule has 0 aliphatic carbocycles. The summed E-state index contributed by atoms with van der Waals surface area (Å²) in [6.45, 7) is 0. The summed E-state index contributed by atoms with van der Waals surface area (Å²) in [5, 5.41) is 6.85. The summed E-state index contributed by atoms with van der Waals surface area (Å²) in [6.07, 6.45) is 2.66. The monoisotopic (exact) mass is 236 g/mol. The normalized spacial score (nSPS) is 10.2. The van der Waals surface area contributed by atoms with Crippen molar-refractivity contribution in [2.75, 3.05) is 0 Å². The molecule has 0 spiro atoms. The number of aromatic nitrogens is 2. The number of nitrogens with one attached hydrogen (secondary N) is 1. The van der Waals surface area contributed by atoms with Gasteiger partial charge in [0.25, 0.3) is 0 Å². The van der Waals surface area contributed by atoms with Gasteiger partial charge in [0.2, 0.25) is 0 Å². The van der Waals surface area contributed by atoms with E-state index in [1.54, 1.807) is 6.20 Å². The molecule has 0 atom stereocenters. The first kappa shape index (κ1) is 8.51. The van der Waals surface area contributed by atoms with Gasteiger partial charge in [-0.15, -0.1) is 0 Å². The molecule has 2 nitrogen and oxygen atoms in total. The predicted molar refractivity (Wildman–Crippen MR) is 55.5 cm³/mol. The number of rotatable bonds is 2. The van der Waals surface area contributed by atoms with Crippen molar-refractivity contribution in [1.29, 1.82) is 0 Å². The number of nitrogens with zero attached hydrogens (tertiary/aromatic N) is 1. The molecule has 0 amide bonds. The number of H-pyrrole nitrogens is 1. The highest BCUT2D eigenvalue weighted by Gasteiger charge is 2.00. The summed E-state index contributed by atoms with van der Waals surface area (Å²) in [5.41, 5.74) is 2.40. The summed E-state index contributed by atoms with van der Waals surface area (Å²) in [7, 11) is 0. The maximum Gasteiger partial charge on any atom is 0.0490 e. The molecule has 0 fully saturated rings. The molecule has 1 aromatic carbocycles. The van der Waals surface area contributed by atoms with E-state index in [4.69, 9.17) is 0 Å². The fourth-order valence-electron chi connectivity index (χ4n) is 1.23. The van der Waals surface area contributed by atoms with Crippen LogP contribution in [-0.2, 0) is 6.42 Å². The van der Waals surface area contributed by atoms with Gasteiger partial charge in [-0.2, -0.15) is 5.10 Å². The van der Waals surface area contributed by atoms with Crippen molar-refractivity contribution in [1.82, 2.24) is 10.2 Å². The highest BCUT2D eigenvalue weighted by molar-refractivity contribution is 9.10. The Labute approximate surface area is 85.1 Å². The van der Waals surface area contributed by atoms with Gasteiger partial charge in [0.05, 0.1) is 0 Å². The first-order valence-electron chi connectivity index (χ1n) is 4.08. The minimum atomic E-state index is 0.890. The largest absolute Gasteiger partial charge is 0.282 e. The fraction of sp³-hybridized carbons (Fsp3) is 0.100. The van der Waals surface area contributed by atoms with Crippen molar-refractivity contribution in [2.24, 2.45) is 0 Å². The molecule has 0 radical (unpaired) electrons. The second kappa shape index (κ2) is 3.75. The van der Waals surface area contributed by atoms with Gasteiger partial charge in [-0.25, -0.2) is 0 Å². The third-order valence-corrected chi connectivity index (χ3v) is 2.67. The highest BCUT2D eigenvalue weighted by Crippen LogP contribution is 2.18. The molecule has 0 saturated carbocycles. The van der Waals surface area contributed by atoms with Gasteiger partial charge in [0.15, 0.2) is 0 Å². The van der Waals surface area contributed by atoms with Gasteiger partial charge >= 0.3 is 0 Å². The number of hydrogen-bond acceptors (Lipinski definition) is 1. The molecule has 0 saturated heterocycles. The Morgan fingerprint density at radius 2 is 2.08 bits per heavy atom. The molecule has 1 aromatic heterocycles. The van der Waals surface area contributed by atoms with Crippen LogP contribution in [0.15, 0.2) is 41.0 Å². The van der Waals surface area contributed by atoms with Crippen LogP contribution in [0.5, 0.6) is 0 Å². The number of halogens is 1. The lowest BCUT2D eigenvalue weighted by atomic mass is 10.1. The van der Waals surface area contributed by atoms with E-state index in [1.165, 1.54) is 5.56 Å². The predicted octanol–water partition coefficient (Wildman–Crippen LogP) is 2.76. The van der Waals surface area contributed by atoms with Crippen LogP contribution >= 0.6 is 15.9 Å². The average Bonchev–Trinajstić information content (AvgIpc) is 2.61. The SMILES string of the molecule is Brc1ccccc1Cc1ccn[nH]1. The van der Waals surface area contributed by atoms with E-state index in [1.807, 2.05) is 24.3 Å². The van der Waals surface area contributed by atoms with E-state index in [2.05, 4.69) is 32.2 Å². The highest BCUT2D eigenvalue weighted by atomic mass is 79.9. The van der Waals surface area contributed by atoms with Crippen molar-refractivity contribution in [3.8, 4) is 0 Å².